The van der Waals surface area contributed by atoms with Gasteiger partial charge in [-0.25, -0.2) is 0 Å². The molecule has 0 bridgehead atoms. The summed E-state index contributed by atoms with van der Waals surface area (Å²) in [7, 11) is 2.10. The topological polar surface area (TPSA) is 24.5 Å². The van der Waals surface area contributed by atoms with Gasteiger partial charge in [0.1, 0.15) is 0 Å². The average molecular weight is 254 g/mol. The summed E-state index contributed by atoms with van der Waals surface area (Å²) in [6.07, 6.45) is 8.29. The zero-order chi connectivity index (χ0) is 12.8. The predicted octanol–water partition coefficient (Wildman–Crippen LogP) is 2.27. The average Bonchev–Trinajstić information content (AvgIpc) is 2.46. The van der Waals surface area contributed by atoms with E-state index < -0.39 is 0 Å². The van der Waals surface area contributed by atoms with Crippen LogP contribution < -0.4 is 5.32 Å². The van der Waals surface area contributed by atoms with Crippen LogP contribution in [0.5, 0.6) is 0 Å². The second-order valence-corrected chi connectivity index (χ2v) is 5.90. The fourth-order valence-corrected chi connectivity index (χ4v) is 3.64. The number of nitrogens with one attached hydrogen (secondary N) is 1. The molecule has 18 heavy (non-hydrogen) atoms. The van der Waals surface area contributed by atoms with Crippen molar-refractivity contribution in [3.63, 3.8) is 0 Å². The molecule has 0 radical (unpaired) electrons. The Morgan fingerprint density at radius 3 is 2.61 bits per heavy atom. The normalized spacial score (nSPS) is 30.8. The Morgan fingerprint density at radius 2 is 1.94 bits per heavy atom. The van der Waals surface area contributed by atoms with E-state index in [1.807, 2.05) is 0 Å². The van der Waals surface area contributed by atoms with Crippen molar-refractivity contribution in [2.45, 2.75) is 57.5 Å². The highest BCUT2D eigenvalue weighted by Crippen LogP contribution is 2.25. The first kappa shape index (κ1) is 14.3. The van der Waals surface area contributed by atoms with Crippen LogP contribution in [0.25, 0.3) is 0 Å². The number of nitrogens with zero attached hydrogens (tertiary/aromatic N) is 1. The molecule has 0 spiro atoms. The molecule has 0 aromatic carbocycles. The summed E-state index contributed by atoms with van der Waals surface area (Å²) in [5.74, 6) is 0.672. The van der Waals surface area contributed by atoms with Crippen LogP contribution in [0.1, 0.15) is 45.4 Å². The lowest BCUT2D eigenvalue weighted by Crippen LogP contribution is -2.49. The van der Waals surface area contributed by atoms with Gasteiger partial charge in [-0.2, -0.15) is 0 Å². The monoisotopic (exact) mass is 254 g/mol. The molecule has 0 amide bonds. The maximum Gasteiger partial charge on any atom is 0.0521 e. The zero-order valence-corrected chi connectivity index (χ0v) is 12.2. The fourth-order valence-electron chi connectivity index (χ4n) is 3.64. The van der Waals surface area contributed by atoms with Crippen molar-refractivity contribution in [2.75, 3.05) is 33.4 Å². The Kier molecular flexibility index (Phi) is 5.93. The van der Waals surface area contributed by atoms with Crippen molar-refractivity contribution >= 4 is 0 Å². The van der Waals surface area contributed by atoms with Gasteiger partial charge < -0.3 is 15.0 Å². The van der Waals surface area contributed by atoms with Crippen LogP contribution in [0.2, 0.25) is 0 Å². The minimum absolute atomic E-state index is 0.649. The molecule has 2 atom stereocenters. The molecule has 0 aromatic heterocycles. The maximum absolute atomic E-state index is 5.68. The lowest BCUT2D eigenvalue weighted by Gasteiger charge is -2.39. The summed E-state index contributed by atoms with van der Waals surface area (Å²) < 4.78 is 5.68. The van der Waals surface area contributed by atoms with Crippen molar-refractivity contribution in [2.24, 2.45) is 5.92 Å². The lowest BCUT2D eigenvalue weighted by atomic mass is 9.91. The van der Waals surface area contributed by atoms with E-state index in [1.54, 1.807) is 0 Å². The molecule has 2 aliphatic rings. The van der Waals surface area contributed by atoms with Crippen LogP contribution in [0.4, 0.5) is 0 Å². The van der Waals surface area contributed by atoms with Crippen LogP contribution in [0, 0.1) is 5.92 Å². The second kappa shape index (κ2) is 7.46. The molecular formula is C15H30N2O. The molecule has 2 rings (SSSR count). The minimum atomic E-state index is 0.649. The summed E-state index contributed by atoms with van der Waals surface area (Å²) in [5, 5.41) is 3.48. The Hall–Kier alpha value is -0.120. The zero-order valence-electron chi connectivity index (χ0n) is 12.2. The molecule has 106 valence electrons. The predicted molar refractivity (Wildman–Crippen MR) is 75.9 cm³/mol. The van der Waals surface area contributed by atoms with Crippen molar-refractivity contribution in [1.82, 2.24) is 10.2 Å². The van der Waals surface area contributed by atoms with E-state index in [2.05, 4.69) is 24.2 Å². The van der Waals surface area contributed by atoms with E-state index >= 15 is 0 Å². The van der Waals surface area contributed by atoms with Gasteiger partial charge in [0, 0.05) is 31.2 Å². The number of hydrogen-bond acceptors (Lipinski definition) is 3. The molecule has 1 N–H and O–H groups in total. The third-order valence-corrected chi connectivity index (χ3v) is 4.81. The first-order valence-corrected chi connectivity index (χ1v) is 7.84. The van der Waals surface area contributed by atoms with E-state index in [9.17, 15) is 0 Å². The molecule has 3 nitrogen and oxygen atoms in total. The minimum Gasteiger partial charge on any atom is -0.381 e. The Morgan fingerprint density at radius 1 is 1.17 bits per heavy atom. The Balaban J connectivity index is 1.87. The van der Waals surface area contributed by atoms with E-state index in [0.717, 1.165) is 19.3 Å². The molecule has 1 saturated heterocycles. The van der Waals surface area contributed by atoms with Crippen molar-refractivity contribution in [3.8, 4) is 0 Å². The first-order valence-electron chi connectivity index (χ1n) is 7.84. The van der Waals surface area contributed by atoms with Gasteiger partial charge in [0.2, 0.25) is 0 Å². The van der Waals surface area contributed by atoms with Gasteiger partial charge in [0.25, 0.3) is 0 Å². The smallest absolute Gasteiger partial charge is 0.0521 e. The standard InChI is InChI=1S/C15H30N2O/c1-3-17(14-7-5-4-6-8-14)11-13-12-18-10-9-15(13)16-2/h13-16H,3-12H2,1-2H3. The van der Waals surface area contributed by atoms with Crippen LogP contribution >= 0.6 is 0 Å². The third kappa shape index (κ3) is 3.69. The van der Waals surface area contributed by atoms with E-state index in [4.69, 9.17) is 4.74 Å². The molecule has 1 heterocycles. The van der Waals surface area contributed by atoms with Crippen LogP contribution in [-0.2, 0) is 4.74 Å². The summed E-state index contributed by atoms with van der Waals surface area (Å²) >= 11 is 0. The van der Waals surface area contributed by atoms with Gasteiger partial charge in [-0.15, -0.1) is 0 Å². The highest BCUT2D eigenvalue weighted by atomic mass is 16.5. The van der Waals surface area contributed by atoms with Crippen LogP contribution in [0.15, 0.2) is 0 Å². The fraction of sp³-hybridized carbons (Fsp3) is 1.00. The highest BCUT2D eigenvalue weighted by molar-refractivity contribution is 4.84. The molecule has 2 unspecified atom stereocenters. The number of hydrogen-bond donors (Lipinski definition) is 1. The van der Waals surface area contributed by atoms with Crippen LogP contribution in [0.3, 0.4) is 0 Å². The molecule has 3 heteroatoms. The summed E-state index contributed by atoms with van der Waals surface area (Å²) in [6, 6.07) is 1.49. The maximum atomic E-state index is 5.68. The molecule has 1 aliphatic heterocycles. The van der Waals surface area contributed by atoms with Crippen LogP contribution in [-0.4, -0.2) is 50.3 Å². The quantitative estimate of drug-likeness (QED) is 0.814. The summed E-state index contributed by atoms with van der Waals surface area (Å²) in [6.45, 7) is 6.59. The van der Waals surface area contributed by atoms with Gasteiger partial charge in [-0.05, 0) is 32.9 Å². The first-order chi connectivity index (χ1) is 8.85. The van der Waals surface area contributed by atoms with E-state index in [0.29, 0.717) is 12.0 Å². The number of rotatable bonds is 5. The van der Waals surface area contributed by atoms with E-state index in [-0.39, 0.29) is 0 Å². The molecule has 0 aromatic rings. The summed E-state index contributed by atoms with van der Waals surface area (Å²) in [5.41, 5.74) is 0. The number of ether oxygens (including phenoxy) is 1. The highest BCUT2D eigenvalue weighted by Gasteiger charge is 2.28. The lowest BCUT2D eigenvalue weighted by molar-refractivity contribution is 0.00951. The molecular weight excluding hydrogens is 224 g/mol. The third-order valence-electron chi connectivity index (χ3n) is 4.81. The SMILES string of the molecule is CCN(CC1COCCC1NC)C1CCCCC1. The van der Waals surface area contributed by atoms with Gasteiger partial charge in [0.15, 0.2) is 0 Å². The van der Waals surface area contributed by atoms with Crippen molar-refractivity contribution in [3.05, 3.63) is 0 Å². The Labute approximate surface area is 112 Å². The molecule has 1 saturated carbocycles. The Bertz CT molecular complexity index is 229. The largest absolute Gasteiger partial charge is 0.381 e. The van der Waals surface area contributed by atoms with E-state index in [1.165, 1.54) is 51.6 Å². The van der Waals surface area contributed by atoms with Gasteiger partial charge >= 0.3 is 0 Å². The van der Waals surface area contributed by atoms with Crippen molar-refractivity contribution < 1.29 is 4.74 Å². The molecule has 1 aliphatic carbocycles. The molecule has 2 fully saturated rings. The summed E-state index contributed by atoms with van der Waals surface area (Å²) in [4.78, 5) is 2.71. The second-order valence-electron chi connectivity index (χ2n) is 5.90. The van der Waals surface area contributed by atoms with Crippen molar-refractivity contribution in [1.29, 1.82) is 0 Å². The van der Waals surface area contributed by atoms with Gasteiger partial charge in [0.05, 0.1) is 6.61 Å². The van der Waals surface area contributed by atoms with Gasteiger partial charge in [-0.3, -0.25) is 0 Å². The van der Waals surface area contributed by atoms with Gasteiger partial charge in [-0.1, -0.05) is 26.2 Å².